The Morgan fingerprint density at radius 3 is 2.29 bits per heavy atom. The molecule has 2 N–H and O–H groups in total. The van der Waals surface area contributed by atoms with E-state index in [9.17, 15) is 14.4 Å². The van der Waals surface area contributed by atoms with Gasteiger partial charge in [-0.3, -0.25) is 19.8 Å². The van der Waals surface area contributed by atoms with Crippen molar-refractivity contribution in [2.75, 3.05) is 49.5 Å². The van der Waals surface area contributed by atoms with Gasteiger partial charge in [-0.05, 0) is 59.8 Å². The number of piperazine rings is 1. The van der Waals surface area contributed by atoms with Crippen LogP contribution in [0.15, 0.2) is 12.3 Å². The molecular weight excluding hydrogens is 491 g/mol. The standard InChI is InChI=1S/C27H41FN6O4/c1-26(2,3)38-25(37)33-10-8-18(9-11-33)27(4,5)34-14-12-32(13-15-34)23-20(28)16-19(17-29-23)30-21-6-7-22(35)31-24(21)36/h16-18,21,30H,6-15H2,1-5H3,(H,31,35,36). The SMILES string of the molecule is CC(C)(C)OC(=O)N1CCC(C(C)(C)N2CCN(c3ncc(NC4CCC(=O)NC4=O)cc3F)CC2)CC1. The fourth-order valence-electron chi connectivity index (χ4n) is 5.62. The Bertz CT molecular complexity index is 1040. The second kappa shape index (κ2) is 11.0. The molecule has 0 aliphatic carbocycles. The maximum atomic E-state index is 15.0. The summed E-state index contributed by atoms with van der Waals surface area (Å²) in [5.41, 5.74) is -0.127. The number of nitrogens with zero attached hydrogens (tertiary/aromatic N) is 4. The first-order chi connectivity index (χ1) is 17.8. The molecule has 1 atom stereocenters. The monoisotopic (exact) mass is 532 g/mol. The predicted octanol–water partition coefficient (Wildman–Crippen LogP) is 2.99. The Balaban J connectivity index is 1.29. The van der Waals surface area contributed by atoms with Crippen molar-refractivity contribution in [3.8, 4) is 0 Å². The number of carbonyl (C=O) groups is 3. The molecule has 3 amide bonds. The fraction of sp³-hybridized carbons (Fsp3) is 0.704. The predicted molar refractivity (Wildman–Crippen MR) is 142 cm³/mol. The number of ether oxygens (including phenoxy) is 1. The molecule has 3 saturated heterocycles. The van der Waals surface area contributed by atoms with Gasteiger partial charge in [-0.1, -0.05) is 0 Å². The minimum atomic E-state index is -0.582. The number of amides is 3. The van der Waals surface area contributed by atoms with Gasteiger partial charge < -0.3 is 19.9 Å². The largest absolute Gasteiger partial charge is 0.444 e. The number of halogens is 1. The van der Waals surface area contributed by atoms with Gasteiger partial charge >= 0.3 is 6.09 Å². The Labute approximate surface area is 224 Å². The molecule has 0 saturated carbocycles. The van der Waals surface area contributed by atoms with Crippen LogP contribution in [0.3, 0.4) is 0 Å². The van der Waals surface area contributed by atoms with E-state index in [1.165, 1.54) is 12.3 Å². The first kappa shape index (κ1) is 28.1. The first-order valence-corrected chi connectivity index (χ1v) is 13.6. The third-order valence-corrected chi connectivity index (χ3v) is 7.94. The molecule has 4 rings (SSSR count). The molecule has 38 heavy (non-hydrogen) atoms. The molecule has 10 nitrogen and oxygen atoms in total. The van der Waals surface area contributed by atoms with E-state index in [0.29, 0.717) is 50.0 Å². The quantitative estimate of drug-likeness (QED) is 0.558. The maximum absolute atomic E-state index is 15.0. The Morgan fingerprint density at radius 1 is 1.05 bits per heavy atom. The zero-order chi connectivity index (χ0) is 27.7. The van der Waals surface area contributed by atoms with E-state index < -0.39 is 23.4 Å². The number of pyridine rings is 1. The highest BCUT2D eigenvalue weighted by atomic mass is 19.1. The third-order valence-electron chi connectivity index (χ3n) is 7.94. The molecule has 0 bridgehead atoms. The van der Waals surface area contributed by atoms with Crippen molar-refractivity contribution < 1.29 is 23.5 Å². The molecule has 3 aliphatic rings. The summed E-state index contributed by atoms with van der Waals surface area (Å²) in [4.78, 5) is 46.4. The van der Waals surface area contributed by atoms with E-state index in [4.69, 9.17) is 4.74 Å². The van der Waals surface area contributed by atoms with Crippen LogP contribution in [0.4, 0.5) is 20.7 Å². The molecule has 210 valence electrons. The highest BCUT2D eigenvalue weighted by Crippen LogP contribution is 2.34. The van der Waals surface area contributed by atoms with E-state index in [-0.39, 0.29) is 24.0 Å². The summed E-state index contributed by atoms with van der Waals surface area (Å²) in [6.45, 7) is 14.5. The number of rotatable bonds is 5. The van der Waals surface area contributed by atoms with Crippen molar-refractivity contribution in [1.82, 2.24) is 20.1 Å². The number of hydrogen-bond acceptors (Lipinski definition) is 8. The smallest absolute Gasteiger partial charge is 0.410 e. The van der Waals surface area contributed by atoms with Crippen LogP contribution in [0, 0.1) is 11.7 Å². The lowest BCUT2D eigenvalue weighted by Crippen LogP contribution is -2.59. The van der Waals surface area contributed by atoms with Crippen molar-refractivity contribution in [2.45, 2.75) is 77.5 Å². The zero-order valence-corrected chi connectivity index (χ0v) is 23.2. The second-order valence-corrected chi connectivity index (χ2v) is 12.0. The van der Waals surface area contributed by atoms with Crippen LogP contribution in [0.5, 0.6) is 0 Å². The zero-order valence-electron chi connectivity index (χ0n) is 23.2. The van der Waals surface area contributed by atoms with Gasteiger partial charge in [-0.25, -0.2) is 14.2 Å². The number of carbonyl (C=O) groups excluding carboxylic acids is 3. The number of likely N-dealkylation sites (tertiary alicyclic amines) is 1. The summed E-state index contributed by atoms with van der Waals surface area (Å²) in [5.74, 6) is -0.382. The van der Waals surface area contributed by atoms with Gasteiger partial charge in [0.25, 0.3) is 0 Å². The molecule has 0 aromatic carbocycles. The number of aromatic nitrogens is 1. The lowest BCUT2D eigenvalue weighted by atomic mass is 9.78. The molecule has 3 fully saturated rings. The summed E-state index contributed by atoms with van der Waals surface area (Å²) >= 11 is 0. The summed E-state index contributed by atoms with van der Waals surface area (Å²) in [7, 11) is 0. The Kier molecular flexibility index (Phi) is 8.15. The van der Waals surface area contributed by atoms with Crippen LogP contribution in [-0.4, -0.2) is 89.1 Å². The maximum Gasteiger partial charge on any atom is 0.410 e. The van der Waals surface area contributed by atoms with Crippen molar-refractivity contribution in [2.24, 2.45) is 5.92 Å². The van der Waals surface area contributed by atoms with Crippen LogP contribution >= 0.6 is 0 Å². The lowest BCUT2D eigenvalue weighted by molar-refractivity contribution is -0.133. The van der Waals surface area contributed by atoms with Crippen molar-refractivity contribution >= 4 is 29.4 Å². The van der Waals surface area contributed by atoms with Gasteiger partial charge in [0.2, 0.25) is 11.8 Å². The fourth-order valence-corrected chi connectivity index (χ4v) is 5.62. The van der Waals surface area contributed by atoms with Crippen molar-refractivity contribution in [3.05, 3.63) is 18.1 Å². The number of piperidine rings is 2. The summed E-state index contributed by atoms with van der Waals surface area (Å²) < 4.78 is 20.6. The molecule has 1 aromatic rings. The number of anilines is 2. The average Bonchev–Trinajstić information content (AvgIpc) is 2.85. The number of imide groups is 1. The minimum Gasteiger partial charge on any atom is -0.444 e. The lowest BCUT2D eigenvalue weighted by Gasteiger charge is -2.50. The molecule has 1 unspecified atom stereocenters. The summed E-state index contributed by atoms with van der Waals surface area (Å²) in [6, 6.07) is 0.780. The van der Waals surface area contributed by atoms with Gasteiger partial charge in [0.05, 0.1) is 11.9 Å². The number of nitrogens with one attached hydrogen (secondary N) is 2. The Morgan fingerprint density at radius 2 is 1.71 bits per heavy atom. The van der Waals surface area contributed by atoms with Crippen LogP contribution in [0.25, 0.3) is 0 Å². The highest BCUT2D eigenvalue weighted by Gasteiger charge is 2.40. The molecule has 1 aromatic heterocycles. The van der Waals surface area contributed by atoms with E-state index >= 15 is 4.39 Å². The van der Waals surface area contributed by atoms with Crippen LogP contribution in [0.1, 0.15) is 60.3 Å². The molecule has 0 radical (unpaired) electrons. The second-order valence-electron chi connectivity index (χ2n) is 12.0. The van der Waals surface area contributed by atoms with Crippen molar-refractivity contribution in [1.29, 1.82) is 0 Å². The number of hydrogen-bond donors (Lipinski definition) is 2. The first-order valence-electron chi connectivity index (χ1n) is 13.6. The molecular formula is C27H41FN6O4. The summed E-state index contributed by atoms with van der Waals surface area (Å²) in [5, 5.41) is 5.27. The normalized spacial score (nSPS) is 22.3. The molecule has 11 heteroatoms. The molecule has 4 heterocycles. The van der Waals surface area contributed by atoms with Crippen LogP contribution in [-0.2, 0) is 14.3 Å². The van der Waals surface area contributed by atoms with E-state index in [1.807, 2.05) is 30.6 Å². The molecule has 3 aliphatic heterocycles. The van der Waals surface area contributed by atoms with E-state index in [2.05, 4.69) is 34.4 Å². The van der Waals surface area contributed by atoms with Crippen molar-refractivity contribution in [3.63, 3.8) is 0 Å². The van der Waals surface area contributed by atoms with E-state index in [0.717, 1.165) is 25.9 Å². The minimum absolute atomic E-state index is 0.0478. The topological polar surface area (TPSA) is 107 Å². The average molecular weight is 533 g/mol. The van der Waals surface area contributed by atoms with Crippen LogP contribution < -0.4 is 15.5 Å². The molecule has 0 spiro atoms. The van der Waals surface area contributed by atoms with Gasteiger partial charge in [0.1, 0.15) is 11.6 Å². The van der Waals surface area contributed by atoms with Gasteiger partial charge in [0, 0.05) is 57.3 Å². The van der Waals surface area contributed by atoms with Gasteiger partial charge in [-0.2, -0.15) is 0 Å². The highest BCUT2D eigenvalue weighted by molar-refractivity contribution is 6.01. The van der Waals surface area contributed by atoms with Gasteiger partial charge in [-0.15, -0.1) is 0 Å². The summed E-state index contributed by atoms with van der Waals surface area (Å²) in [6.07, 6.45) is 3.76. The van der Waals surface area contributed by atoms with Crippen LogP contribution in [0.2, 0.25) is 0 Å². The Hall–Kier alpha value is -2.95. The van der Waals surface area contributed by atoms with E-state index in [1.54, 1.807) is 0 Å². The van der Waals surface area contributed by atoms with Gasteiger partial charge in [0.15, 0.2) is 11.6 Å². The third kappa shape index (κ3) is 6.54.